The average molecular weight is 294 g/mol. The van der Waals surface area contributed by atoms with E-state index in [9.17, 15) is 5.11 Å². The van der Waals surface area contributed by atoms with Crippen molar-refractivity contribution < 1.29 is 9.84 Å². The standard InChI is InChI=1S/C18H18N2O2/c1-20-16-9-5-4-8-14(16)15(18(20)21)12-19-11-13-7-3-6-10-17(13)22-2/h3-10,12,21H,11H2,1-2H3. The lowest BCUT2D eigenvalue weighted by molar-refractivity contribution is 0.410. The summed E-state index contributed by atoms with van der Waals surface area (Å²) in [5.41, 5.74) is 2.74. The molecule has 0 aliphatic carbocycles. The number of para-hydroxylation sites is 2. The van der Waals surface area contributed by atoms with Gasteiger partial charge in [-0.1, -0.05) is 36.4 Å². The van der Waals surface area contributed by atoms with Crippen molar-refractivity contribution >= 4 is 17.1 Å². The Hall–Kier alpha value is -2.75. The number of ether oxygens (including phenoxy) is 1. The quantitative estimate of drug-likeness (QED) is 0.748. The van der Waals surface area contributed by atoms with E-state index in [-0.39, 0.29) is 5.88 Å². The molecular weight excluding hydrogens is 276 g/mol. The van der Waals surface area contributed by atoms with Gasteiger partial charge in [-0.15, -0.1) is 0 Å². The van der Waals surface area contributed by atoms with Crippen LogP contribution in [0.1, 0.15) is 11.1 Å². The molecule has 2 aromatic carbocycles. The maximum Gasteiger partial charge on any atom is 0.200 e. The lowest BCUT2D eigenvalue weighted by Gasteiger charge is -2.04. The third-order valence-electron chi connectivity index (χ3n) is 3.79. The first-order chi connectivity index (χ1) is 10.7. The van der Waals surface area contributed by atoms with Gasteiger partial charge in [0.15, 0.2) is 0 Å². The van der Waals surface area contributed by atoms with Gasteiger partial charge in [0, 0.05) is 24.2 Å². The van der Waals surface area contributed by atoms with E-state index in [0.717, 1.165) is 27.8 Å². The van der Waals surface area contributed by atoms with Crippen LogP contribution in [0.5, 0.6) is 11.6 Å². The van der Waals surface area contributed by atoms with Crippen molar-refractivity contribution in [2.45, 2.75) is 6.54 Å². The van der Waals surface area contributed by atoms with Gasteiger partial charge in [-0.2, -0.15) is 0 Å². The molecule has 1 aromatic heterocycles. The molecule has 112 valence electrons. The number of aryl methyl sites for hydroxylation is 1. The van der Waals surface area contributed by atoms with Crippen LogP contribution in [0.25, 0.3) is 10.9 Å². The smallest absolute Gasteiger partial charge is 0.200 e. The van der Waals surface area contributed by atoms with E-state index in [1.807, 2.05) is 55.6 Å². The van der Waals surface area contributed by atoms with Crippen LogP contribution in [0.4, 0.5) is 0 Å². The minimum absolute atomic E-state index is 0.227. The molecule has 4 heteroatoms. The van der Waals surface area contributed by atoms with Crippen LogP contribution in [0.15, 0.2) is 53.5 Å². The van der Waals surface area contributed by atoms with Crippen molar-refractivity contribution in [3.05, 3.63) is 59.7 Å². The number of hydrogen-bond donors (Lipinski definition) is 1. The van der Waals surface area contributed by atoms with Gasteiger partial charge in [0.05, 0.1) is 24.7 Å². The second-order valence-corrected chi connectivity index (χ2v) is 5.10. The summed E-state index contributed by atoms with van der Waals surface area (Å²) < 4.78 is 7.08. The molecule has 0 radical (unpaired) electrons. The summed E-state index contributed by atoms with van der Waals surface area (Å²) in [6.07, 6.45) is 1.73. The molecule has 0 aliphatic rings. The van der Waals surface area contributed by atoms with Crippen molar-refractivity contribution in [1.82, 2.24) is 4.57 Å². The zero-order valence-corrected chi connectivity index (χ0v) is 12.7. The first kappa shape index (κ1) is 14.2. The van der Waals surface area contributed by atoms with E-state index in [0.29, 0.717) is 6.54 Å². The molecule has 0 spiro atoms. The Kier molecular flexibility index (Phi) is 3.83. The Labute approximate surface area is 129 Å². The van der Waals surface area contributed by atoms with E-state index >= 15 is 0 Å². The molecule has 3 aromatic rings. The number of benzene rings is 2. The molecule has 3 rings (SSSR count). The van der Waals surface area contributed by atoms with Crippen LogP contribution in [0.2, 0.25) is 0 Å². The highest BCUT2D eigenvalue weighted by molar-refractivity contribution is 6.02. The fraction of sp³-hybridized carbons (Fsp3) is 0.167. The minimum Gasteiger partial charge on any atom is -0.496 e. The molecule has 1 N–H and O–H groups in total. The normalized spacial score (nSPS) is 11.4. The van der Waals surface area contributed by atoms with Crippen LogP contribution in [0, 0.1) is 0 Å². The van der Waals surface area contributed by atoms with E-state index in [2.05, 4.69) is 4.99 Å². The highest BCUT2D eigenvalue weighted by Crippen LogP contribution is 2.28. The second kappa shape index (κ2) is 5.93. The lowest BCUT2D eigenvalue weighted by atomic mass is 10.2. The summed E-state index contributed by atoms with van der Waals surface area (Å²) in [5, 5.41) is 11.3. The fourth-order valence-corrected chi connectivity index (χ4v) is 2.61. The summed E-state index contributed by atoms with van der Waals surface area (Å²) in [6, 6.07) is 15.7. The van der Waals surface area contributed by atoms with Crippen molar-refractivity contribution in [2.24, 2.45) is 12.0 Å². The predicted molar refractivity (Wildman–Crippen MR) is 88.9 cm³/mol. The molecule has 0 bridgehead atoms. The van der Waals surface area contributed by atoms with Gasteiger partial charge in [-0.05, 0) is 12.1 Å². The molecule has 0 atom stereocenters. The van der Waals surface area contributed by atoms with Crippen molar-refractivity contribution in [2.75, 3.05) is 7.11 Å². The predicted octanol–water partition coefficient (Wildman–Crippen LogP) is 3.51. The second-order valence-electron chi connectivity index (χ2n) is 5.10. The largest absolute Gasteiger partial charge is 0.496 e. The number of nitrogens with zero attached hydrogens (tertiary/aromatic N) is 2. The maximum atomic E-state index is 10.3. The van der Waals surface area contributed by atoms with Crippen LogP contribution >= 0.6 is 0 Å². The van der Waals surface area contributed by atoms with Gasteiger partial charge >= 0.3 is 0 Å². The SMILES string of the molecule is COc1ccccc1CN=Cc1c(O)n(C)c2ccccc12. The first-order valence-corrected chi connectivity index (χ1v) is 7.10. The van der Waals surface area contributed by atoms with Gasteiger partial charge < -0.3 is 14.4 Å². The number of hydrogen-bond acceptors (Lipinski definition) is 3. The number of aliphatic imine (C=N–C) groups is 1. The molecule has 4 nitrogen and oxygen atoms in total. The Balaban J connectivity index is 1.92. The molecule has 0 unspecified atom stereocenters. The van der Waals surface area contributed by atoms with Gasteiger partial charge in [0.1, 0.15) is 5.75 Å². The molecule has 0 fully saturated rings. The number of rotatable bonds is 4. The monoisotopic (exact) mass is 294 g/mol. The van der Waals surface area contributed by atoms with Crippen LogP contribution in [-0.2, 0) is 13.6 Å². The Bertz CT molecular complexity index is 834. The lowest BCUT2D eigenvalue weighted by Crippen LogP contribution is -1.91. The highest BCUT2D eigenvalue weighted by atomic mass is 16.5. The zero-order valence-electron chi connectivity index (χ0n) is 12.7. The Morgan fingerprint density at radius 1 is 1.14 bits per heavy atom. The number of methoxy groups -OCH3 is 1. The van der Waals surface area contributed by atoms with E-state index in [4.69, 9.17) is 4.74 Å². The van der Waals surface area contributed by atoms with E-state index < -0.39 is 0 Å². The minimum atomic E-state index is 0.227. The molecule has 0 aliphatic heterocycles. The van der Waals surface area contributed by atoms with Crippen molar-refractivity contribution in [1.29, 1.82) is 0 Å². The summed E-state index contributed by atoms with van der Waals surface area (Å²) >= 11 is 0. The van der Waals surface area contributed by atoms with E-state index in [1.165, 1.54) is 0 Å². The van der Waals surface area contributed by atoms with Crippen molar-refractivity contribution in [3.8, 4) is 11.6 Å². The fourth-order valence-electron chi connectivity index (χ4n) is 2.61. The third-order valence-corrected chi connectivity index (χ3v) is 3.79. The first-order valence-electron chi connectivity index (χ1n) is 7.10. The molecule has 0 saturated heterocycles. The molecule has 1 heterocycles. The molecule has 22 heavy (non-hydrogen) atoms. The Morgan fingerprint density at radius 3 is 2.68 bits per heavy atom. The van der Waals surface area contributed by atoms with E-state index in [1.54, 1.807) is 17.9 Å². The maximum absolute atomic E-state index is 10.3. The summed E-state index contributed by atoms with van der Waals surface area (Å²) in [6.45, 7) is 0.507. The molecule has 0 saturated carbocycles. The molecular formula is C18H18N2O2. The van der Waals surface area contributed by atoms with Gasteiger partial charge in [0.2, 0.25) is 5.88 Å². The van der Waals surface area contributed by atoms with Gasteiger partial charge in [-0.3, -0.25) is 4.99 Å². The van der Waals surface area contributed by atoms with Gasteiger partial charge in [-0.25, -0.2) is 0 Å². The zero-order chi connectivity index (χ0) is 15.5. The average Bonchev–Trinajstić information content (AvgIpc) is 2.80. The topological polar surface area (TPSA) is 46.8 Å². The van der Waals surface area contributed by atoms with Crippen molar-refractivity contribution in [3.63, 3.8) is 0 Å². The summed E-state index contributed by atoms with van der Waals surface area (Å²) in [7, 11) is 3.49. The number of fused-ring (bicyclic) bond motifs is 1. The summed E-state index contributed by atoms with van der Waals surface area (Å²) in [4.78, 5) is 4.47. The van der Waals surface area contributed by atoms with Crippen LogP contribution < -0.4 is 4.74 Å². The number of aromatic hydroxyl groups is 1. The highest BCUT2D eigenvalue weighted by Gasteiger charge is 2.11. The number of aromatic nitrogens is 1. The van der Waals surface area contributed by atoms with Crippen LogP contribution in [0.3, 0.4) is 0 Å². The Morgan fingerprint density at radius 2 is 1.86 bits per heavy atom. The third kappa shape index (κ3) is 2.44. The summed E-state index contributed by atoms with van der Waals surface area (Å²) in [5.74, 6) is 1.05. The van der Waals surface area contributed by atoms with Gasteiger partial charge in [0.25, 0.3) is 0 Å². The molecule has 0 amide bonds. The van der Waals surface area contributed by atoms with Crippen LogP contribution in [-0.4, -0.2) is 23.0 Å².